The van der Waals surface area contributed by atoms with Crippen LogP contribution in [0.2, 0.25) is 0 Å². The molecule has 1 saturated carbocycles. The summed E-state index contributed by atoms with van der Waals surface area (Å²) in [5, 5.41) is 9.21. The van der Waals surface area contributed by atoms with Crippen LogP contribution in [0.4, 0.5) is 30.5 Å². The normalized spacial score (nSPS) is 20.1. The number of hydrogen-bond donors (Lipinski definition) is 4. The standard InChI is InChI=1S/C22H23F3N6O/c1-27-18-17(8-3-9-22(18,24)25)30-21-14(23)11-13(19(26)32)20(31-21)29-16-7-2-6-15-12(16)5-4-10-28-15/h2,4-7,10-11,17-18,27H,3,8-9H2,1H3,(H2,26,32)(H2,29,30,31)/t17-,18-/m1/s1. The molecule has 168 valence electrons. The van der Waals surface area contributed by atoms with Gasteiger partial charge in [-0.15, -0.1) is 0 Å². The fourth-order valence-electron chi connectivity index (χ4n) is 4.13. The highest BCUT2D eigenvalue weighted by Crippen LogP contribution is 2.35. The highest BCUT2D eigenvalue weighted by atomic mass is 19.3. The molecule has 32 heavy (non-hydrogen) atoms. The summed E-state index contributed by atoms with van der Waals surface area (Å²) >= 11 is 0. The summed E-state index contributed by atoms with van der Waals surface area (Å²) in [5.41, 5.74) is 6.57. The zero-order chi connectivity index (χ0) is 22.9. The lowest BCUT2D eigenvalue weighted by molar-refractivity contribution is -0.0654. The largest absolute Gasteiger partial charge is 0.365 e. The van der Waals surface area contributed by atoms with Crippen molar-refractivity contribution in [3.8, 4) is 0 Å². The number of nitrogens with one attached hydrogen (secondary N) is 3. The number of alkyl halides is 2. The van der Waals surface area contributed by atoms with Crippen molar-refractivity contribution in [2.75, 3.05) is 17.7 Å². The molecule has 0 spiro atoms. The Hall–Kier alpha value is -3.40. The first kappa shape index (κ1) is 21.8. The molecule has 0 bridgehead atoms. The minimum atomic E-state index is -2.94. The van der Waals surface area contributed by atoms with E-state index in [1.165, 1.54) is 7.05 Å². The smallest absolute Gasteiger partial charge is 0.265 e. The van der Waals surface area contributed by atoms with Gasteiger partial charge in [0.05, 0.1) is 17.1 Å². The van der Waals surface area contributed by atoms with Gasteiger partial charge >= 0.3 is 0 Å². The van der Waals surface area contributed by atoms with Crippen LogP contribution in [0.15, 0.2) is 42.6 Å². The number of carbonyl (C=O) groups is 1. The Morgan fingerprint density at radius 1 is 1.22 bits per heavy atom. The van der Waals surface area contributed by atoms with Crippen LogP contribution in [0.25, 0.3) is 10.9 Å². The molecule has 3 aromatic rings. The van der Waals surface area contributed by atoms with Gasteiger partial charge in [0.25, 0.3) is 11.8 Å². The summed E-state index contributed by atoms with van der Waals surface area (Å²) in [7, 11) is 1.44. The SMILES string of the molecule is CN[C@@H]1[C@H](Nc2nc(Nc3cccc4ncccc34)c(C(N)=O)cc2F)CCCC1(F)F. The van der Waals surface area contributed by atoms with E-state index in [1.807, 2.05) is 12.1 Å². The highest BCUT2D eigenvalue weighted by Gasteiger charge is 2.46. The fraction of sp³-hybridized carbons (Fsp3) is 0.318. The molecular formula is C22H23F3N6O. The quantitative estimate of drug-likeness (QED) is 0.461. The van der Waals surface area contributed by atoms with Crippen LogP contribution in [0.3, 0.4) is 0 Å². The van der Waals surface area contributed by atoms with Crippen molar-refractivity contribution in [1.29, 1.82) is 0 Å². The average molecular weight is 444 g/mol. The zero-order valence-corrected chi connectivity index (χ0v) is 17.3. The predicted octanol–water partition coefficient (Wildman–Crippen LogP) is 3.80. The number of hydrogen-bond acceptors (Lipinski definition) is 6. The van der Waals surface area contributed by atoms with E-state index in [2.05, 4.69) is 25.9 Å². The van der Waals surface area contributed by atoms with Crippen molar-refractivity contribution >= 4 is 34.1 Å². The maximum absolute atomic E-state index is 14.8. The maximum atomic E-state index is 14.8. The molecular weight excluding hydrogens is 421 g/mol. The van der Waals surface area contributed by atoms with E-state index >= 15 is 0 Å². The second kappa shape index (κ2) is 8.62. The monoisotopic (exact) mass is 444 g/mol. The number of aromatic nitrogens is 2. The van der Waals surface area contributed by atoms with E-state index in [4.69, 9.17) is 5.73 Å². The lowest BCUT2D eigenvalue weighted by Gasteiger charge is -2.38. The van der Waals surface area contributed by atoms with Crippen LogP contribution in [0.1, 0.15) is 29.6 Å². The molecule has 0 unspecified atom stereocenters. The van der Waals surface area contributed by atoms with Crippen molar-refractivity contribution in [1.82, 2.24) is 15.3 Å². The highest BCUT2D eigenvalue weighted by molar-refractivity contribution is 6.00. The van der Waals surface area contributed by atoms with Crippen LogP contribution in [0.5, 0.6) is 0 Å². The summed E-state index contributed by atoms with van der Waals surface area (Å²) in [6.45, 7) is 0. The van der Waals surface area contributed by atoms with Gasteiger partial charge in [-0.1, -0.05) is 6.07 Å². The van der Waals surface area contributed by atoms with Gasteiger partial charge in [0.1, 0.15) is 5.82 Å². The fourth-order valence-corrected chi connectivity index (χ4v) is 4.13. The molecule has 2 heterocycles. The summed E-state index contributed by atoms with van der Waals surface area (Å²) in [4.78, 5) is 20.4. The number of likely N-dealkylation sites (N-methyl/N-ethyl adjacent to an activating group) is 1. The van der Waals surface area contributed by atoms with Gasteiger partial charge in [-0.2, -0.15) is 0 Å². The second-order valence-electron chi connectivity index (χ2n) is 7.75. The molecule has 1 aliphatic carbocycles. The number of nitrogens with two attached hydrogens (primary N) is 1. The third kappa shape index (κ3) is 4.18. The molecule has 1 aliphatic rings. The van der Waals surface area contributed by atoms with Gasteiger partial charge in [0.15, 0.2) is 11.6 Å². The lowest BCUT2D eigenvalue weighted by atomic mass is 9.87. The Morgan fingerprint density at radius 3 is 2.78 bits per heavy atom. The minimum Gasteiger partial charge on any atom is -0.365 e. The van der Waals surface area contributed by atoms with E-state index in [0.717, 1.165) is 11.5 Å². The van der Waals surface area contributed by atoms with Crippen LogP contribution >= 0.6 is 0 Å². The van der Waals surface area contributed by atoms with E-state index in [0.29, 0.717) is 17.6 Å². The van der Waals surface area contributed by atoms with Crippen molar-refractivity contribution in [2.45, 2.75) is 37.3 Å². The molecule has 2 atom stereocenters. The number of pyridine rings is 2. The Bertz CT molecular complexity index is 1150. The Kier molecular flexibility index (Phi) is 5.88. The first-order valence-electron chi connectivity index (χ1n) is 10.2. The molecule has 2 aromatic heterocycles. The first-order chi connectivity index (χ1) is 15.3. The molecule has 1 aromatic carbocycles. The average Bonchev–Trinajstić information content (AvgIpc) is 2.75. The van der Waals surface area contributed by atoms with Gasteiger partial charge in [0, 0.05) is 29.7 Å². The Labute approximate surface area is 182 Å². The Morgan fingerprint density at radius 2 is 2.03 bits per heavy atom. The third-order valence-corrected chi connectivity index (χ3v) is 5.66. The van der Waals surface area contributed by atoms with E-state index in [1.54, 1.807) is 24.4 Å². The topological polar surface area (TPSA) is 105 Å². The molecule has 7 nitrogen and oxygen atoms in total. The Balaban J connectivity index is 1.71. The summed E-state index contributed by atoms with van der Waals surface area (Å²) in [5.74, 6) is -4.89. The predicted molar refractivity (Wildman–Crippen MR) is 117 cm³/mol. The molecule has 10 heteroatoms. The van der Waals surface area contributed by atoms with Crippen LogP contribution in [-0.4, -0.2) is 40.9 Å². The van der Waals surface area contributed by atoms with Crippen LogP contribution in [0, 0.1) is 5.82 Å². The van der Waals surface area contributed by atoms with Gasteiger partial charge in [-0.25, -0.2) is 18.2 Å². The van der Waals surface area contributed by atoms with Crippen molar-refractivity contribution in [3.05, 3.63) is 54.0 Å². The first-order valence-corrected chi connectivity index (χ1v) is 10.2. The number of anilines is 3. The molecule has 0 radical (unpaired) electrons. The van der Waals surface area contributed by atoms with Gasteiger partial charge in [-0.05, 0) is 50.2 Å². The van der Waals surface area contributed by atoms with E-state index in [9.17, 15) is 18.0 Å². The summed E-state index contributed by atoms with van der Waals surface area (Å²) < 4.78 is 43.4. The minimum absolute atomic E-state index is 0.0151. The van der Waals surface area contributed by atoms with Crippen molar-refractivity contribution < 1.29 is 18.0 Å². The van der Waals surface area contributed by atoms with Crippen LogP contribution < -0.4 is 21.7 Å². The van der Waals surface area contributed by atoms with Crippen molar-refractivity contribution in [3.63, 3.8) is 0 Å². The zero-order valence-electron chi connectivity index (χ0n) is 17.3. The molecule has 0 saturated heterocycles. The molecule has 0 aliphatic heterocycles. The number of nitrogens with zero attached hydrogens (tertiary/aromatic N) is 2. The van der Waals surface area contributed by atoms with E-state index in [-0.39, 0.29) is 30.0 Å². The molecule has 4 rings (SSSR count). The molecule has 5 N–H and O–H groups in total. The number of halogens is 3. The van der Waals surface area contributed by atoms with Crippen molar-refractivity contribution in [2.24, 2.45) is 5.73 Å². The second-order valence-corrected chi connectivity index (χ2v) is 7.75. The van der Waals surface area contributed by atoms with Gasteiger partial charge < -0.3 is 21.7 Å². The van der Waals surface area contributed by atoms with E-state index < -0.39 is 29.7 Å². The number of amides is 1. The number of benzene rings is 1. The summed E-state index contributed by atoms with van der Waals surface area (Å²) in [6.07, 6.45) is 2.11. The van der Waals surface area contributed by atoms with Gasteiger partial charge in [0.2, 0.25) is 0 Å². The lowest BCUT2D eigenvalue weighted by Crippen LogP contribution is -2.56. The number of rotatable bonds is 6. The number of fused-ring (bicyclic) bond motifs is 1. The molecule has 1 fully saturated rings. The summed E-state index contributed by atoms with van der Waals surface area (Å²) in [6, 6.07) is 7.96. The number of carbonyl (C=O) groups excluding carboxylic acids is 1. The van der Waals surface area contributed by atoms with Gasteiger partial charge in [-0.3, -0.25) is 9.78 Å². The van der Waals surface area contributed by atoms with Crippen LogP contribution in [-0.2, 0) is 0 Å². The number of primary amides is 1. The maximum Gasteiger partial charge on any atom is 0.265 e. The molecule has 1 amide bonds. The third-order valence-electron chi connectivity index (χ3n) is 5.66.